The van der Waals surface area contributed by atoms with Gasteiger partial charge in [-0.25, -0.2) is 9.67 Å². The molecule has 1 N–H and O–H groups in total. The summed E-state index contributed by atoms with van der Waals surface area (Å²) in [5.41, 5.74) is 1.64. The number of ether oxygens (including phenoxy) is 3. The number of fused-ring (bicyclic) bond motifs is 1. The minimum absolute atomic E-state index is 0.282. The molecule has 0 saturated carbocycles. The molecule has 2 aromatic heterocycles. The molecule has 0 saturated heterocycles. The van der Waals surface area contributed by atoms with Crippen LogP contribution in [0.3, 0.4) is 0 Å². The van der Waals surface area contributed by atoms with Gasteiger partial charge in [0.15, 0.2) is 5.52 Å². The Hall–Kier alpha value is -3.92. The van der Waals surface area contributed by atoms with Crippen molar-refractivity contribution in [3.63, 3.8) is 0 Å². The van der Waals surface area contributed by atoms with Crippen molar-refractivity contribution in [2.24, 2.45) is 0 Å². The molecule has 0 atom stereocenters. The third-order valence-electron chi connectivity index (χ3n) is 4.94. The summed E-state index contributed by atoms with van der Waals surface area (Å²) in [6.45, 7) is 1.53. The highest BCUT2D eigenvalue weighted by Crippen LogP contribution is 2.31. The molecule has 4 aromatic rings. The maximum atomic E-state index is 13.0. The SMILES string of the molecule is COc1ccc(-c2nn(CC(=O)Nc3cc(OC)ccc3OC)c(=O)c3nc(C)sc23)cc1. The third-order valence-corrected chi connectivity index (χ3v) is 5.92. The summed E-state index contributed by atoms with van der Waals surface area (Å²) in [5, 5.41) is 8.01. The zero-order chi connectivity index (χ0) is 23.5. The van der Waals surface area contributed by atoms with Crippen LogP contribution in [0.5, 0.6) is 17.2 Å². The molecule has 4 rings (SSSR count). The van der Waals surface area contributed by atoms with Crippen LogP contribution in [-0.4, -0.2) is 42.0 Å². The Labute approximate surface area is 193 Å². The van der Waals surface area contributed by atoms with E-state index >= 15 is 0 Å². The van der Waals surface area contributed by atoms with Gasteiger partial charge in [0.25, 0.3) is 5.56 Å². The molecular formula is C23H22N4O5S. The van der Waals surface area contributed by atoms with E-state index in [0.717, 1.165) is 15.3 Å². The number of nitrogens with zero attached hydrogens (tertiary/aromatic N) is 3. The third kappa shape index (κ3) is 4.51. The molecule has 2 heterocycles. The predicted octanol–water partition coefficient (Wildman–Crippen LogP) is 3.49. The molecule has 0 aliphatic carbocycles. The summed E-state index contributed by atoms with van der Waals surface area (Å²) in [6, 6.07) is 12.4. The fourth-order valence-electron chi connectivity index (χ4n) is 3.35. The van der Waals surface area contributed by atoms with Gasteiger partial charge in [0.1, 0.15) is 29.5 Å². The summed E-state index contributed by atoms with van der Waals surface area (Å²) in [4.78, 5) is 30.3. The van der Waals surface area contributed by atoms with E-state index < -0.39 is 11.5 Å². The number of nitrogens with one attached hydrogen (secondary N) is 1. The van der Waals surface area contributed by atoms with Gasteiger partial charge in [-0.2, -0.15) is 5.10 Å². The summed E-state index contributed by atoms with van der Waals surface area (Å²) >= 11 is 1.39. The van der Waals surface area contributed by atoms with Crippen LogP contribution in [0.2, 0.25) is 0 Å². The van der Waals surface area contributed by atoms with Crippen LogP contribution in [-0.2, 0) is 11.3 Å². The Morgan fingerprint density at radius 1 is 1.03 bits per heavy atom. The van der Waals surface area contributed by atoms with Crippen molar-refractivity contribution in [1.29, 1.82) is 0 Å². The van der Waals surface area contributed by atoms with Crippen LogP contribution in [0.1, 0.15) is 5.01 Å². The van der Waals surface area contributed by atoms with E-state index in [1.54, 1.807) is 25.3 Å². The second-order valence-corrected chi connectivity index (χ2v) is 8.27. The second-order valence-electron chi connectivity index (χ2n) is 7.06. The predicted molar refractivity (Wildman–Crippen MR) is 127 cm³/mol. The standard InChI is InChI=1S/C23H22N4O5S/c1-13-24-21-22(33-13)20(14-5-7-15(30-2)8-6-14)26-27(23(21)29)12-19(28)25-17-11-16(31-3)9-10-18(17)32-4/h5-11H,12H2,1-4H3,(H,25,28). The van der Waals surface area contributed by atoms with E-state index in [4.69, 9.17) is 14.2 Å². The van der Waals surface area contributed by atoms with Crippen molar-refractivity contribution in [3.8, 4) is 28.5 Å². The first-order valence-corrected chi connectivity index (χ1v) is 10.8. The number of aryl methyl sites for hydroxylation is 1. The molecule has 0 bridgehead atoms. The fraction of sp³-hybridized carbons (Fsp3) is 0.217. The van der Waals surface area contributed by atoms with Gasteiger partial charge in [0.2, 0.25) is 5.91 Å². The zero-order valence-electron chi connectivity index (χ0n) is 18.5. The summed E-state index contributed by atoms with van der Waals surface area (Å²) in [7, 11) is 4.62. The molecule has 0 spiro atoms. The normalized spacial score (nSPS) is 10.8. The number of amides is 1. The smallest absolute Gasteiger partial charge is 0.294 e. The number of rotatable bonds is 7. The number of methoxy groups -OCH3 is 3. The number of anilines is 1. The lowest BCUT2D eigenvalue weighted by molar-refractivity contribution is -0.117. The monoisotopic (exact) mass is 466 g/mol. The summed E-state index contributed by atoms with van der Waals surface area (Å²) in [6.07, 6.45) is 0. The maximum Gasteiger partial charge on any atom is 0.294 e. The van der Waals surface area contributed by atoms with Gasteiger partial charge < -0.3 is 19.5 Å². The first kappa shape index (κ1) is 22.3. The van der Waals surface area contributed by atoms with E-state index in [1.807, 2.05) is 31.2 Å². The molecule has 170 valence electrons. The molecular weight excluding hydrogens is 444 g/mol. The molecule has 0 aliphatic heterocycles. The summed E-state index contributed by atoms with van der Waals surface area (Å²) in [5.74, 6) is 1.29. The van der Waals surface area contributed by atoms with Gasteiger partial charge in [0.05, 0.1) is 36.7 Å². The average Bonchev–Trinajstić information content (AvgIpc) is 3.22. The highest BCUT2D eigenvalue weighted by Gasteiger charge is 2.19. The number of thiazole rings is 1. The first-order chi connectivity index (χ1) is 15.9. The van der Waals surface area contributed by atoms with E-state index in [2.05, 4.69) is 15.4 Å². The lowest BCUT2D eigenvalue weighted by Gasteiger charge is -2.13. The van der Waals surface area contributed by atoms with Gasteiger partial charge >= 0.3 is 0 Å². The summed E-state index contributed by atoms with van der Waals surface area (Å²) < 4.78 is 17.5. The maximum absolute atomic E-state index is 13.0. The Bertz CT molecular complexity index is 1380. The number of hydrogen-bond donors (Lipinski definition) is 1. The van der Waals surface area contributed by atoms with Gasteiger partial charge in [-0.05, 0) is 43.3 Å². The van der Waals surface area contributed by atoms with Crippen LogP contribution in [0.4, 0.5) is 5.69 Å². The van der Waals surface area contributed by atoms with Crippen LogP contribution in [0.25, 0.3) is 21.5 Å². The van der Waals surface area contributed by atoms with Crippen LogP contribution in [0, 0.1) is 6.92 Å². The minimum Gasteiger partial charge on any atom is -0.497 e. The molecule has 10 heteroatoms. The lowest BCUT2D eigenvalue weighted by Crippen LogP contribution is -2.30. The Morgan fingerprint density at radius 2 is 1.73 bits per heavy atom. The number of benzene rings is 2. The van der Waals surface area contributed by atoms with Crippen molar-refractivity contribution in [2.45, 2.75) is 13.5 Å². The van der Waals surface area contributed by atoms with Crippen molar-refractivity contribution in [3.05, 3.63) is 57.8 Å². The molecule has 0 radical (unpaired) electrons. The lowest BCUT2D eigenvalue weighted by atomic mass is 10.1. The van der Waals surface area contributed by atoms with Crippen molar-refractivity contribution >= 4 is 33.1 Å². The first-order valence-electron chi connectivity index (χ1n) is 9.98. The molecule has 0 unspecified atom stereocenters. The molecule has 1 amide bonds. The number of carbonyl (C=O) groups is 1. The van der Waals surface area contributed by atoms with E-state index in [0.29, 0.717) is 33.3 Å². The number of carbonyl (C=O) groups excluding carboxylic acids is 1. The van der Waals surface area contributed by atoms with Gasteiger partial charge in [-0.1, -0.05) is 0 Å². The van der Waals surface area contributed by atoms with Crippen molar-refractivity contribution in [1.82, 2.24) is 14.8 Å². The van der Waals surface area contributed by atoms with Crippen LogP contribution < -0.4 is 25.1 Å². The zero-order valence-corrected chi connectivity index (χ0v) is 19.4. The van der Waals surface area contributed by atoms with Crippen LogP contribution in [0.15, 0.2) is 47.3 Å². The Balaban J connectivity index is 1.71. The average molecular weight is 467 g/mol. The molecule has 0 aliphatic rings. The molecule has 9 nitrogen and oxygen atoms in total. The molecule has 2 aromatic carbocycles. The number of hydrogen-bond acceptors (Lipinski definition) is 8. The van der Waals surface area contributed by atoms with E-state index in [1.165, 1.54) is 25.6 Å². The van der Waals surface area contributed by atoms with Crippen LogP contribution >= 0.6 is 11.3 Å². The minimum atomic E-state index is -0.442. The Kier molecular flexibility index (Phi) is 6.27. The van der Waals surface area contributed by atoms with E-state index in [9.17, 15) is 9.59 Å². The highest BCUT2D eigenvalue weighted by molar-refractivity contribution is 7.19. The van der Waals surface area contributed by atoms with Gasteiger partial charge in [-0.15, -0.1) is 11.3 Å². The topological polar surface area (TPSA) is 105 Å². The molecule has 33 heavy (non-hydrogen) atoms. The van der Waals surface area contributed by atoms with E-state index in [-0.39, 0.29) is 12.1 Å². The molecule has 0 fully saturated rings. The highest BCUT2D eigenvalue weighted by atomic mass is 32.1. The Morgan fingerprint density at radius 3 is 2.39 bits per heavy atom. The second kappa shape index (κ2) is 9.29. The van der Waals surface area contributed by atoms with Crippen molar-refractivity contribution < 1.29 is 19.0 Å². The fourth-order valence-corrected chi connectivity index (χ4v) is 4.27. The quantitative estimate of drug-likeness (QED) is 0.445. The van der Waals surface area contributed by atoms with Gasteiger partial charge in [-0.3, -0.25) is 9.59 Å². The largest absolute Gasteiger partial charge is 0.497 e. The van der Waals surface area contributed by atoms with Crippen molar-refractivity contribution in [2.75, 3.05) is 26.6 Å². The van der Waals surface area contributed by atoms with Gasteiger partial charge in [0, 0.05) is 11.6 Å². The number of aromatic nitrogens is 3.